The third-order valence-electron chi connectivity index (χ3n) is 4.68. The molecule has 2 heterocycles. The topological polar surface area (TPSA) is 64.0 Å². The first-order chi connectivity index (χ1) is 10.6. The lowest BCUT2D eigenvalue weighted by molar-refractivity contribution is -0.125. The highest BCUT2D eigenvalue weighted by Crippen LogP contribution is 2.26. The highest BCUT2D eigenvalue weighted by atomic mass is 32.2. The van der Waals surface area contributed by atoms with Gasteiger partial charge in [0, 0.05) is 29.6 Å². The Bertz CT molecular complexity index is 635. The van der Waals surface area contributed by atoms with Crippen molar-refractivity contribution < 1.29 is 4.79 Å². The molecule has 1 fully saturated rings. The molecule has 0 radical (unpaired) electrons. The van der Waals surface area contributed by atoms with Gasteiger partial charge in [-0.15, -0.1) is 0 Å². The molecule has 1 N–H and O–H groups in total. The number of thioether (sulfide) groups is 1. The van der Waals surface area contributed by atoms with Gasteiger partial charge < -0.3 is 5.32 Å². The second-order valence-corrected chi connectivity index (χ2v) is 7.21. The minimum atomic E-state index is -0.134. The first kappa shape index (κ1) is 15.6. The summed E-state index contributed by atoms with van der Waals surface area (Å²) in [6, 6.07) is 0.331. The number of nitrogens with one attached hydrogen (secondary N) is 1. The number of carbonyl (C=O) groups is 1. The van der Waals surface area contributed by atoms with Crippen molar-refractivity contribution in [3.05, 3.63) is 21.6 Å². The van der Waals surface area contributed by atoms with Crippen LogP contribution in [0.3, 0.4) is 0 Å². The molecule has 6 heteroatoms. The summed E-state index contributed by atoms with van der Waals surface area (Å²) in [7, 11) is 0. The summed E-state index contributed by atoms with van der Waals surface area (Å²) in [6.45, 7) is 4.32. The van der Waals surface area contributed by atoms with Gasteiger partial charge in [0.05, 0.1) is 5.92 Å². The van der Waals surface area contributed by atoms with Crippen LogP contribution in [0, 0.1) is 12.8 Å². The Kier molecular flexibility index (Phi) is 4.57. The fraction of sp³-hybridized carbons (Fsp3) is 0.688. The number of aromatic nitrogens is 2. The molecular weight excluding hydrogens is 298 g/mol. The summed E-state index contributed by atoms with van der Waals surface area (Å²) >= 11 is 1.52. The Morgan fingerprint density at radius 1 is 1.41 bits per heavy atom. The van der Waals surface area contributed by atoms with Crippen LogP contribution in [0.15, 0.2) is 9.95 Å². The lowest BCUT2D eigenvalue weighted by Gasteiger charge is -2.26. The first-order valence-corrected chi connectivity index (χ1v) is 9.12. The van der Waals surface area contributed by atoms with Gasteiger partial charge in [0.15, 0.2) is 5.16 Å². The van der Waals surface area contributed by atoms with Crippen molar-refractivity contribution in [2.45, 2.75) is 63.7 Å². The van der Waals surface area contributed by atoms with Gasteiger partial charge in [-0.05, 0) is 26.2 Å². The molecule has 2 aliphatic rings. The number of hydrogen-bond donors (Lipinski definition) is 1. The van der Waals surface area contributed by atoms with Crippen molar-refractivity contribution in [1.29, 1.82) is 0 Å². The van der Waals surface area contributed by atoms with Crippen molar-refractivity contribution in [2.75, 3.05) is 5.75 Å². The standard InChI is InChI=1S/C16H23N3O2S/c1-3-13-10(2)17-16-19(15(13)21)8-11(9-22-16)14(20)18-12-6-4-5-7-12/h11-12H,3-9H2,1-2H3,(H,18,20). The Labute approximate surface area is 134 Å². The third-order valence-corrected chi connectivity index (χ3v) is 5.82. The number of rotatable bonds is 3. The van der Waals surface area contributed by atoms with E-state index >= 15 is 0 Å². The average Bonchev–Trinajstić information content (AvgIpc) is 3.00. The molecule has 0 spiro atoms. The summed E-state index contributed by atoms with van der Waals surface area (Å²) in [4.78, 5) is 29.5. The van der Waals surface area contributed by atoms with Crippen molar-refractivity contribution >= 4 is 17.7 Å². The number of aryl methyl sites for hydroxylation is 1. The molecule has 0 aromatic carbocycles. The molecule has 1 aromatic rings. The van der Waals surface area contributed by atoms with E-state index in [1.54, 1.807) is 4.57 Å². The van der Waals surface area contributed by atoms with Gasteiger partial charge in [-0.25, -0.2) is 4.98 Å². The SMILES string of the molecule is CCc1c(C)nc2n(c1=O)CC(C(=O)NC1CCCC1)CS2. The number of fused-ring (bicyclic) bond motifs is 1. The van der Waals surface area contributed by atoms with E-state index in [2.05, 4.69) is 10.3 Å². The molecule has 120 valence electrons. The van der Waals surface area contributed by atoms with Gasteiger partial charge in [-0.1, -0.05) is 31.5 Å². The smallest absolute Gasteiger partial charge is 0.257 e. The lowest BCUT2D eigenvalue weighted by Crippen LogP contribution is -2.43. The van der Waals surface area contributed by atoms with Crippen LogP contribution < -0.4 is 10.9 Å². The van der Waals surface area contributed by atoms with Crippen LogP contribution in [0.4, 0.5) is 0 Å². The van der Waals surface area contributed by atoms with Crippen LogP contribution in [0.1, 0.15) is 43.9 Å². The predicted molar refractivity (Wildman–Crippen MR) is 87.2 cm³/mol. The fourth-order valence-corrected chi connectivity index (χ4v) is 4.47. The first-order valence-electron chi connectivity index (χ1n) is 8.13. The van der Waals surface area contributed by atoms with E-state index in [0.29, 0.717) is 24.8 Å². The van der Waals surface area contributed by atoms with E-state index < -0.39 is 0 Å². The quantitative estimate of drug-likeness (QED) is 0.864. The van der Waals surface area contributed by atoms with Crippen LogP contribution in [0.25, 0.3) is 0 Å². The predicted octanol–water partition coefficient (Wildman–Crippen LogP) is 1.89. The van der Waals surface area contributed by atoms with E-state index in [0.717, 1.165) is 29.3 Å². The second kappa shape index (κ2) is 6.44. The van der Waals surface area contributed by atoms with Crippen molar-refractivity contribution in [1.82, 2.24) is 14.9 Å². The average molecular weight is 321 g/mol. The zero-order valence-corrected chi connectivity index (χ0v) is 14.0. The van der Waals surface area contributed by atoms with Gasteiger partial charge in [0.2, 0.25) is 5.91 Å². The molecule has 3 rings (SSSR count). The van der Waals surface area contributed by atoms with Crippen molar-refractivity contribution in [2.24, 2.45) is 5.92 Å². The normalized spacial score (nSPS) is 21.6. The van der Waals surface area contributed by atoms with E-state index in [4.69, 9.17) is 0 Å². The maximum Gasteiger partial charge on any atom is 0.257 e. The summed E-state index contributed by atoms with van der Waals surface area (Å²) in [5.41, 5.74) is 1.61. The minimum Gasteiger partial charge on any atom is -0.353 e. The van der Waals surface area contributed by atoms with E-state index in [1.807, 2.05) is 13.8 Å². The molecular formula is C16H23N3O2S. The zero-order chi connectivity index (χ0) is 15.7. The number of amides is 1. The van der Waals surface area contributed by atoms with Crippen LogP contribution in [-0.2, 0) is 17.8 Å². The Hall–Kier alpha value is -1.30. The summed E-state index contributed by atoms with van der Waals surface area (Å²) in [6.07, 6.45) is 5.26. The molecule has 0 bridgehead atoms. The Morgan fingerprint density at radius 2 is 2.14 bits per heavy atom. The van der Waals surface area contributed by atoms with E-state index in [-0.39, 0.29) is 17.4 Å². The van der Waals surface area contributed by atoms with Crippen molar-refractivity contribution in [3.63, 3.8) is 0 Å². The largest absolute Gasteiger partial charge is 0.353 e. The zero-order valence-electron chi connectivity index (χ0n) is 13.2. The summed E-state index contributed by atoms with van der Waals surface area (Å²) in [5, 5.41) is 3.91. The van der Waals surface area contributed by atoms with Crippen molar-refractivity contribution in [3.8, 4) is 0 Å². The molecule has 1 saturated carbocycles. The highest BCUT2D eigenvalue weighted by molar-refractivity contribution is 7.99. The minimum absolute atomic E-state index is 0.0240. The van der Waals surface area contributed by atoms with Gasteiger partial charge >= 0.3 is 0 Å². The number of nitrogens with zero attached hydrogens (tertiary/aromatic N) is 2. The third kappa shape index (κ3) is 2.93. The summed E-state index contributed by atoms with van der Waals surface area (Å²) < 4.78 is 1.69. The molecule has 0 saturated heterocycles. The highest BCUT2D eigenvalue weighted by Gasteiger charge is 2.29. The maximum absolute atomic E-state index is 12.6. The molecule has 1 aliphatic heterocycles. The Balaban J connectivity index is 1.78. The number of carbonyl (C=O) groups excluding carboxylic acids is 1. The fourth-order valence-electron chi connectivity index (χ4n) is 3.35. The Morgan fingerprint density at radius 3 is 2.82 bits per heavy atom. The molecule has 1 aliphatic carbocycles. The maximum atomic E-state index is 12.6. The van der Waals surface area contributed by atoms with Crippen LogP contribution in [0.5, 0.6) is 0 Å². The molecule has 1 amide bonds. The van der Waals surface area contributed by atoms with Crippen LogP contribution in [-0.4, -0.2) is 27.3 Å². The monoisotopic (exact) mass is 321 g/mol. The summed E-state index contributed by atoms with van der Waals surface area (Å²) in [5.74, 6) is 0.663. The lowest BCUT2D eigenvalue weighted by atomic mass is 10.1. The number of hydrogen-bond acceptors (Lipinski definition) is 4. The molecule has 5 nitrogen and oxygen atoms in total. The van der Waals surface area contributed by atoms with Crippen LogP contribution in [0.2, 0.25) is 0 Å². The van der Waals surface area contributed by atoms with Gasteiger partial charge in [0.25, 0.3) is 5.56 Å². The van der Waals surface area contributed by atoms with Gasteiger partial charge in [-0.2, -0.15) is 0 Å². The molecule has 22 heavy (non-hydrogen) atoms. The molecule has 1 unspecified atom stereocenters. The molecule has 1 aromatic heterocycles. The van der Waals surface area contributed by atoms with Crippen LogP contribution >= 0.6 is 11.8 Å². The van der Waals surface area contributed by atoms with Gasteiger partial charge in [0.1, 0.15) is 0 Å². The van der Waals surface area contributed by atoms with Gasteiger partial charge in [-0.3, -0.25) is 14.2 Å². The van der Waals surface area contributed by atoms with E-state index in [1.165, 1.54) is 24.6 Å². The second-order valence-electron chi connectivity index (χ2n) is 6.23. The molecule has 1 atom stereocenters. The van der Waals surface area contributed by atoms with E-state index in [9.17, 15) is 9.59 Å².